The molecule has 0 bridgehead atoms. The monoisotopic (exact) mass is 217 g/mol. The van der Waals surface area contributed by atoms with E-state index in [1.807, 2.05) is 11.9 Å². The molecule has 1 atom stereocenters. The average Bonchev–Trinajstić information content (AvgIpc) is 2.32. The van der Waals surface area contributed by atoms with Crippen LogP contribution >= 0.6 is 0 Å². The first-order valence-corrected chi connectivity index (χ1v) is 5.81. The van der Waals surface area contributed by atoms with Crippen LogP contribution in [-0.2, 0) is 6.42 Å². The number of benzene rings is 1. The number of hydrogen-bond acceptors (Lipinski definition) is 3. The van der Waals surface area contributed by atoms with Gasteiger partial charge in [-0.1, -0.05) is 31.2 Å². The van der Waals surface area contributed by atoms with E-state index in [4.69, 9.17) is 5.73 Å². The smallest absolute Gasteiger partial charge is 0.191 e. The van der Waals surface area contributed by atoms with Crippen LogP contribution in [0.2, 0.25) is 0 Å². The van der Waals surface area contributed by atoms with Crippen molar-refractivity contribution in [2.45, 2.75) is 19.3 Å². The molecule has 0 aliphatic carbocycles. The van der Waals surface area contributed by atoms with Crippen LogP contribution in [0.15, 0.2) is 29.3 Å². The van der Waals surface area contributed by atoms with Gasteiger partial charge in [-0.05, 0) is 17.5 Å². The molecule has 1 aromatic rings. The Balaban J connectivity index is 2.25. The highest BCUT2D eigenvalue weighted by Crippen LogP contribution is 2.24. The summed E-state index contributed by atoms with van der Waals surface area (Å²) in [6.45, 7) is 3.97. The second-order valence-electron chi connectivity index (χ2n) is 4.33. The molecule has 1 aliphatic rings. The van der Waals surface area contributed by atoms with Crippen LogP contribution in [-0.4, -0.2) is 31.0 Å². The molecule has 1 aromatic carbocycles. The molecule has 0 saturated carbocycles. The fourth-order valence-corrected chi connectivity index (χ4v) is 2.26. The predicted octanol–water partition coefficient (Wildman–Crippen LogP) is 1.59. The van der Waals surface area contributed by atoms with Gasteiger partial charge in [-0.25, -0.2) is 0 Å². The van der Waals surface area contributed by atoms with Crippen molar-refractivity contribution in [3.05, 3.63) is 35.4 Å². The molecule has 0 saturated heterocycles. The first-order valence-electron chi connectivity index (χ1n) is 5.81. The third kappa shape index (κ3) is 2.03. The molecule has 3 heteroatoms. The number of aryl methyl sites for hydroxylation is 1. The topological polar surface area (TPSA) is 41.6 Å². The molecule has 2 N–H and O–H groups in total. The first kappa shape index (κ1) is 11.0. The number of nitrogens with two attached hydrogens (primary N) is 1. The minimum absolute atomic E-state index is 0.480. The van der Waals surface area contributed by atoms with Gasteiger partial charge in [-0.15, -0.1) is 0 Å². The van der Waals surface area contributed by atoms with Crippen molar-refractivity contribution in [3.63, 3.8) is 0 Å². The second kappa shape index (κ2) is 4.56. The Bertz CT molecular complexity index is 398. The van der Waals surface area contributed by atoms with Crippen molar-refractivity contribution in [2.75, 3.05) is 20.1 Å². The van der Waals surface area contributed by atoms with Crippen LogP contribution in [0.1, 0.15) is 24.0 Å². The van der Waals surface area contributed by atoms with E-state index in [1.165, 1.54) is 11.1 Å². The summed E-state index contributed by atoms with van der Waals surface area (Å²) < 4.78 is 0. The zero-order valence-electron chi connectivity index (χ0n) is 9.98. The fourth-order valence-electron chi connectivity index (χ4n) is 2.26. The fraction of sp³-hybridized carbons (Fsp3) is 0.462. The van der Waals surface area contributed by atoms with Gasteiger partial charge in [0.15, 0.2) is 5.96 Å². The Labute approximate surface area is 97.0 Å². The largest absolute Gasteiger partial charge is 0.370 e. The van der Waals surface area contributed by atoms with Crippen LogP contribution < -0.4 is 5.73 Å². The minimum Gasteiger partial charge on any atom is -0.370 e. The van der Waals surface area contributed by atoms with Crippen LogP contribution in [0, 0.1) is 0 Å². The summed E-state index contributed by atoms with van der Waals surface area (Å²) in [5, 5.41) is 0. The van der Waals surface area contributed by atoms with Crippen molar-refractivity contribution in [3.8, 4) is 0 Å². The summed E-state index contributed by atoms with van der Waals surface area (Å²) in [5.41, 5.74) is 8.62. The molecule has 0 radical (unpaired) electrons. The van der Waals surface area contributed by atoms with Crippen molar-refractivity contribution in [1.29, 1.82) is 0 Å². The molecule has 2 rings (SSSR count). The SMILES string of the molecule is CCc1ccccc1C1CN=C(N)N(C)C1. The summed E-state index contributed by atoms with van der Waals surface area (Å²) >= 11 is 0. The average molecular weight is 217 g/mol. The van der Waals surface area contributed by atoms with Gasteiger partial charge in [0.25, 0.3) is 0 Å². The highest BCUT2D eigenvalue weighted by molar-refractivity contribution is 5.78. The van der Waals surface area contributed by atoms with E-state index in [2.05, 4.69) is 36.2 Å². The van der Waals surface area contributed by atoms with Crippen molar-refractivity contribution in [2.24, 2.45) is 10.7 Å². The maximum atomic E-state index is 5.77. The second-order valence-corrected chi connectivity index (χ2v) is 4.33. The van der Waals surface area contributed by atoms with E-state index >= 15 is 0 Å². The predicted molar refractivity (Wildman–Crippen MR) is 67.7 cm³/mol. The van der Waals surface area contributed by atoms with Gasteiger partial charge in [0.1, 0.15) is 0 Å². The molecule has 0 aromatic heterocycles. The third-order valence-electron chi connectivity index (χ3n) is 3.23. The molecule has 3 nitrogen and oxygen atoms in total. The van der Waals surface area contributed by atoms with Gasteiger partial charge in [0.2, 0.25) is 0 Å². The number of likely N-dealkylation sites (N-methyl/N-ethyl adjacent to an activating group) is 1. The number of hydrogen-bond donors (Lipinski definition) is 1. The lowest BCUT2D eigenvalue weighted by Crippen LogP contribution is -2.41. The summed E-state index contributed by atoms with van der Waals surface area (Å²) in [6.07, 6.45) is 1.08. The molecular weight excluding hydrogens is 198 g/mol. The molecule has 16 heavy (non-hydrogen) atoms. The van der Waals surface area contributed by atoms with E-state index in [9.17, 15) is 0 Å². The Hall–Kier alpha value is -1.51. The van der Waals surface area contributed by atoms with Crippen molar-refractivity contribution in [1.82, 2.24) is 4.90 Å². The van der Waals surface area contributed by atoms with Crippen LogP contribution in [0.5, 0.6) is 0 Å². The maximum absolute atomic E-state index is 5.77. The molecule has 1 unspecified atom stereocenters. The molecule has 86 valence electrons. The molecule has 0 spiro atoms. The number of guanidine groups is 1. The lowest BCUT2D eigenvalue weighted by molar-refractivity contribution is 0.421. The normalized spacial score (nSPS) is 20.8. The number of rotatable bonds is 2. The quantitative estimate of drug-likeness (QED) is 0.817. The first-order chi connectivity index (χ1) is 7.72. The van der Waals surface area contributed by atoms with Gasteiger partial charge < -0.3 is 10.6 Å². The van der Waals surface area contributed by atoms with Crippen LogP contribution in [0.25, 0.3) is 0 Å². The molecule has 1 heterocycles. The zero-order chi connectivity index (χ0) is 11.5. The van der Waals surface area contributed by atoms with E-state index in [0.717, 1.165) is 19.5 Å². The summed E-state index contributed by atoms with van der Waals surface area (Å²) in [4.78, 5) is 6.39. The highest BCUT2D eigenvalue weighted by atomic mass is 15.2. The Kier molecular flexibility index (Phi) is 3.13. The number of nitrogens with zero attached hydrogens (tertiary/aromatic N) is 2. The minimum atomic E-state index is 0.480. The van der Waals surface area contributed by atoms with Gasteiger partial charge in [0.05, 0.1) is 6.54 Å². The molecular formula is C13H19N3. The molecule has 1 aliphatic heterocycles. The van der Waals surface area contributed by atoms with Crippen LogP contribution in [0.4, 0.5) is 0 Å². The van der Waals surface area contributed by atoms with Crippen molar-refractivity contribution >= 4 is 5.96 Å². The van der Waals surface area contributed by atoms with E-state index in [-0.39, 0.29) is 0 Å². The Morgan fingerprint density at radius 1 is 1.44 bits per heavy atom. The Morgan fingerprint density at radius 3 is 2.88 bits per heavy atom. The zero-order valence-corrected chi connectivity index (χ0v) is 9.98. The number of aliphatic imine (C=N–C) groups is 1. The summed E-state index contributed by atoms with van der Waals surface area (Å²) in [5.74, 6) is 1.14. The lowest BCUT2D eigenvalue weighted by atomic mass is 9.92. The van der Waals surface area contributed by atoms with Crippen LogP contribution in [0.3, 0.4) is 0 Å². The molecule has 0 amide bonds. The summed E-state index contributed by atoms with van der Waals surface area (Å²) in [7, 11) is 2.00. The third-order valence-corrected chi connectivity index (χ3v) is 3.23. The highest BCUT2D eigenvalue weighted by Gasteiger charge is 2.21. The lowest BCUT2D eigenvalue weighted by Gasteiger charge is -2.30. The van der Waals surface area contributed by atoms with Gasteiger partial charge >= 0.3 is 0 Å². The Morgan fingerprint density at radius 2 is 2.19 bits per heavy atom. The molecule has 0 fully saturated rings. The van der Waals surface area contributed by atoms with Gasteiger partial charge in [-0.2, -0.15) is 0 Å². The van der Waals surface area contributed by atoms with Gasteiger partial charge in [-0.3, -0.25) is 4.99 Å². The standard InChI is InChI=1S/C13H19N3/c1-3-10-6-4-5-7-12(10)11-8-15-13(14)16(2)9-11/h4-7,11H,3,8-9H2,1-2H3,(H2,14,15). The summed E-state index contributed by atoms with van der Waals surface area (Å²) in [6, 6.07) is 8.63. The van der Waals surface area contributed by atoms with E-state index < -0.39 is 0 Å². The van der Waals surface area contributed by atoms with Gasteiger partial charge in [0, 0.05) is 19.5 Å². The van der Waals surface area contributed by atoms with E-state index in [0.29, 0.717) is 11.9 Å². The maximum Gasteiger partial charge on any atom is 0.191 e. The van der Waals surface area contributed by atoms with E-state index in [1.54, 1.807) is 0 Å². The van der Waals surface area contributed by atoms with Crippen molar-refractivity contribution < 1.29 is 0 Å².